The molecule has 1 aromatic heterocycles. The molecule has 1 atom stereocenters. The van der Waals surface area contributed by atoms with Crippen molar-refractivity contribution < 1.29 is 18.3 Å². The van der Waals surface area contributed by atoms with E-state index in [1.165, 1.54) is 16.1 Å². The van der Waals surface area contributed by atoms with Gasteiger partial charge in [0.1, 0.15) is 5.03 Å². The molecule has 1 aliphatic carbocycles. The maximum absolute atomic E-state index is 12.8. The predicted octanol–water partition coefficient (Wildman–Crippen LogP) is 3.21. The number of rotatable bonds is 4. The number of benzene rings is 1. The van der Waals surface area contributed by atoms with Crippen molar-refractivity contribution in [2.75, 3.05) is 32.1 Å². The van der Waals surface area contributed by atoms with Gasteiger partial charge in [-0.15, -0.1) is 0 Å². The van der Waals surface area contributed by atoms with E-state index in [2.05, 4.69) is 11.1 Å². The maximum Gasteiger partial charge on any atom is 0.256 e. The summed E-state index contributed by atoms with van der Waals surface area (Å²) in [4.78, 5) is 21.6. The highest BCUT2D eigenvalue weighted by molar-refractivity contribution is 8.00. The number of hydrogen-bond donors (Lipinski definition) is 1. The molecule has 1 saturated heterocycles. The van der Waals surface area contributed by atoms with E-state index in [1.807, 2.05) is 32.0 Å². The minimum atomic E-state index is -3.32. The first-order chi connectivity index (χ1) is 15.3. The lowest BCUT2D eigenvalue weighted by Gasteiger charge is -2.28. The first-order valence-corrected chi connectivity index (χ1v) is 12.7. The summed E-state index contributed by atoms with van der Waals surface area (Å²) >= 11 is 1.37. The van der Waals surface area contributed by atoms with Crippen LogP contribution in [0.3, 0.4) is 0 Å². The van der Waals surface area contributed by atoms with Gasteiger partial charge in [-0.2, -0.15) is 0 Å². The number of pyridine rings is 1. The third-order valence-corrected chi connectivity index (χ3v) is 8.27. The van der Waals surface area contributed by atoms with Crippen molar-refractivity contribution >= 4 is 49.1 Å². The molecular formula is C23H25N3O4S2. The second-order valence-electron chi connectivity index (χ2n) is 7.58. The zero-order valence-electron chi connectivity index (χ0n) is 18.0. The second-order valence-corrected chi connectivity index (χ2v) is 10.5. The highest BCUT2D eigenvalue weighted by atomic mass is 32.2. The van der Waals surface area contributed by atoms with Crippen LogP contribution in [0.5, 0.6) is 0 Å². The van der Waals surface area contributed by atoms with Gasteiger partial charge in [0, 0.05) is 18.5 Å². The van der Waals surface area contributed by atoms with Crippen molar-refractivity contribution in [2.24, 2.45) is 4.99 Å². The number of morpholine rings is 1. The molecule has 1 amide bonds. The van der Waals surface area contributed by atoms with Crippen LogP contribution in [0.2, 0.25) is 0 Å². The van der Waals surface area contributed by atoms with Crippen LogP contribution in [0.15, 0.2) is 58.6 Å². The second kappa shape index (κ2) is 9.68. The van der Waals surface area contributed by atoms with Gasteiger partial charge >= 0.3 is 0 Å². The molecule has 1 aromatic carbocycles. The van der Waals surface area contributed by atoms with E-state index in [1.54, 1.807) is 24.3 Å². The van der Waals surface area contributed by atoms with Gasteiger partial charge in [-0.1, -0.05) is 30.0 Å². The summed E-state index contributed by atoms with van der Waals surface area (Å²) in [7, 11) is -3.32. The van der Waals surface area contributed by atoms with E-state index in [0.29, 0.717) is 36.9 Å². The van der Waals surface area contributed by atoms with Gasteiger partial charge in [0.05, 0.1) is 35.1 Å². The van der Waals surface area contributed by atoms with Crippen molar-refractivity contribution in [2.45, 2.75) is 18.9 Å². The molecule has 2 aromatic rings. The molecule has 1 aliphatic heterocycles. The van der Waals surface area contributed by atoms with Crippen molar-refractivity contribution in [1.82, 2.24) is 9.29 Å². The summed E-state index contributed by atoms with van der Waals surface area (Å²) in [5, 5.41) is 1.90. The third kappa shape index (κ3) is 5.02. The Kier molecular flexibility index (Phi) is 6.92. The molecule has 1 N–H and O–H groups in total. The van der Waals surface area contributed by atoms with Crippen LogP contribution in [-0.4, -0.2) is 66.6 Å². The molecule has 0 saturated carbocycles. The number of nitrogens with zero attached hydrogens (tertiary/aromatic N) is 3. The normalized spacial score (nSPS) is 18.7. The molecule has 2 aliphatic rings. The lowest BCUT2D eigenvalue weighted by molar-refractivity contribution is -0.115. The first-order valence-electron chi connectivity index (χ1n) is 10.3. The van der Waals surface area contributed by atoms with Crippen molar-refractivity contribution in [1.29, 1.82) is 0 Å². The van der Waals surface area contributed by atoms with Gasteiger partial charge in [0.2, 0.25) is 0 Å². The lowest BCUT2D eigenvalue weighted by Crippen LogP contribution is -2.42. The van der Waals surface area contributed by atoms with Crippen LogP contribution in [-0.2, 0) is 19.5 Å². The molecule has 32 heavy (non-hydrogen) atoms. The molecule has 0 bridgehead atoms. The van der Waals surface area contributed by atoms with Gasteiger partial charge in [0.15, 0.2) is 9.99 Å². The number of hydrogen-bond acceptors (Lipinski definition) is 5. The molecular weight excluding hydrogens is 446 g/mol. The highest BCUT2D eigenvalue weighted by Crippen LogP contribution is 2.26. The smallest absolute Gasteiger partial charge is 0.256 e. The van der Waals surface area contributed by atoms with Crippen LogP contribution >= 0.6 is 11.8 Å². The average molecular weight is 472 g/mol. The fraction of sp³-hybridized carbons (Fsp3) is 0.304. The number of ether oxygens (including phenoxy) is 1. The summed E-state index contributed by atoms with van der Waals surface area (Å²) in [6, 6.07) is 8.14. The van der Waals surface area contributed by atoms with Crippen molar-refractivity contribution in [3.8, 4) is 0 Å². The number of carbonyl (C=O) groups excluding carboxylic acids is 1. The molecule has 1 fully saturated rings. The number of amides is 1. The molecule has 4 rings (SSSR count). The Hall–Kier alpha value is -2.30. The monoisotopic (exact) mass is 471 g/mol. The number of allylic oxidation sites excluding steroid dienone is 4. The Morgan fingerprint density at radius 1 is 1.19 bits per heavy atom. The number of aryl methyl sites for hydroxylation is 2. The number of aromatic nitrogens is 1. The van der Waals surface area contributed by atoms with E-state index in [9.17, 15) is 13.6 Å². The summed E-state index contributed by atoms with van der Waals surface area (Å²) in [6.07, 6.45) is 6.29. The number of thioether (sulfide) groups is 1. The minimum absolute atomic E-state index is 0.164. The van der Waals surface area contributed by atoms with Crippen molar-refractivity contribution in [3.63, 3.8) is 0 Å². The Morgan fingerprint density at radius 3 is 2.62 bits per heavy atom. The van der Waals surface area contributed by atoms with E-state index < -0.39 is 9.99 Å². The molecule has 2 heterocycles. The summed E-state index contributed by atoms with van der Waals surface area (Å²) < 4.78 is 30.1. The molecule has 9 heteroatoms. The molecule has 1 unspecified atom stereocenters. The first kappa shape index (κ1) is 22.9. The van der Waals surface area contributed by atoms with Crippen LogP contribution in [0.1, 0.15) is 11.1 Å². The lowest BCUT2D eigenvalue weighted by atomic mass is 10.1. The average Bonchev–Trinajstić information content (AvgIpc) is 2.79. The highest BCUT2D eigenvalue weighted by Gasteiger charge is 2.22. The third-order valence-electron chi connectivity index (χ3n) is 5.24. The number of carbonyl (C=O) groups is 1. The van der Waals surface area contributed by atoms with Gasteiger partial charge in [-0.05, 0) is 55.3 Å². The Morgan fingerprint density at radius 2 is 1.91 bits per heavy atom. The van der Waals surface area contributed by atoms with Gasteiger partial charge in [0.25, 0.3) is 5.91 Å². The Balaban J connectivity index is 1.44. The minimum Gasteiger partial charge on any atom is -0.379 e. The largest absolute Gasteiger partial charge is 0.379 e. The Bertz CT molecular complexity index is 1250. The topological polar surface area (TPSA) is 92.1 Å². The van der Waals surface area contributed by atoms with E-state index >= 15 is 0 Å². The number of aliphatic imine (C=N–C) groups is 1. The van der Waals surface area contributed by atoms with E-state index in [-0.39, 0.29) is 11.7 Å². The SMILES string of the molecule is Cc1cc2cccc(C)c2nc1SCC(=O)N=C1C=CC(=S(=O)(O)N2CCOCC2)C=C1. The standard InChI is InChI=1S/C23H25N3O4S2/c1-16-4-3-5-18-14-17(2)23(25-22(16)18)31-15-21(27)24-19-6-8-20(9-7-19)32(28,29)26-10-12-30-13-11-26/h3-9,14H,10-13,15H2,1-2H3,(H,28,29). The number of para-hydroxylation sites is 1. The zero-order valence-corrected chi connectivity index (χ0v) is 19.6. The van der Waals surface area contributed by atoms with Crippen LogP contribution < -0.4 is 0 Å². The van der Waals surface area contributed by atoms with E-state index in [4.69, 9.17) is 9.72 Å². The van der Waals surface area contributed by atoms with Crippen LogP contribution in [0.4, 0.5) is 0 Å². The fourth-order valence-electron chi connectivity index (χ4n) is 3.53. The fourth-order valence-corrected chi connectivity index (χ4v) is 5.73. The van der Waals surface area contributed by atoms with Crippen molar-refractivity contribution in [3.05, 3.63) is 59.7 Å². The molecule has 0 radical (unpaired) electrons. The van der Waals surface area contributed by atoms with Crippen LogP contribution in [0, 0.1) is 13.8 Å². The van der Waals surface area contributed by atoms with E-state index in [0.717, 1.165) is 27.1 Å². The van der Waals surface area contributed by atoms with Gasteiger partial charge in [-0.25, -0.2) is 18.5 Å². The summed E-state index contributed by atoms with van der Waals surface area (Å²) in [6.45, 7) is 5.67. The summed E-state index contributed by atoms with van der Waals surface area (Å²) in [5.74, 6) is -0.121. The number of fused-ring (bicyclic) bond motifs is 1. The van der Waals surface area contributed by atoms with Gasteiger partial charge in [-0.3, -0.25) is 4.79 Å². The molecule has 0 spiro atoms. The summed E-state index contributed by atoms with van der Waals surface area (Å²) in [5.41, 5.74) is 3.51. The van der Waals surface area contributed by atoms with Gasteiger partial charge < -0.3 is 9.29 Å². The maximum atomic E-state index is 12.8. The molecule has 7 nitrogen and oxygen atoms in total. The van der Waals surface area contributed by atoms with Crippen LogP contribution in [0.25, 0.3) is 10.9 Å². The molecule has 168 valence electrons. The predicted molar refractivity (Wildman–Crippen MR) is 131 cm³/mol. The Labute approximate surface area is 192 Å². The zero-order chi connectivity index (χ0) is 22.7. The quantitative estimate of drug-likeness (QED) is 0.544.